The Morgan fingerprint density at radius 3 is 2.23 bits per heavy atom. The van der Waals surface area contributed by atoms with Gasteiger partial charge in [-0.05, 0) is 56.2 Å². The Balaban J connectivity index is 1.81. The van der Waals surface area contributed by atoms with Gasteiger partial charge in [-0.25, -0.2) is 9.18 Å². The average Bonchev–Trinajstić information content (AvgIpc) is 3.32. The standard InChI is InChI=1S/C17H23FN2O2/c1-20(16(21)22)17(12-2-4-13(18)5-3-12)10-8-15(9-11-17)19-14-6-7-14/h2-5,14-15,19H,6-11H2,1H3,(H,21,22). The predicted molar refractivity (Wildman–Crippen MR) is 82.3 cm³/mol. The first-order valence-corrected chi connectivity index (χ1v) is 8.00. The van der Waals surface area contributed by atoms with E-state index in [2.05, 4.69) is 5.32 Å². The smallest absolute Gasteiger partial charge is 0.407 e. The molecule has 1 amide bonds. The van der Waals surface area contributed by atoms with Crippen LogP contribution in [-0.2, 0) is 5.54 Å². The molecule has 4 nitrogen and oxygen atoms in total. The minimum absolute atomic E-state index is 0.291. The second-order valence-corrected chi connectivity index (χ2v) is 6.60. The highest BCUT2D eigenvalue weighted by Gasteiger charge is 2.43. The van der Waals surface area contributed by atoms with E-state index in [1.165, 1.54) is 29.9 Å². The molecule has 0 spiro atoms. The molecule has 0 aromatic heterocycles. The number of amides is 1. The fraction of sp³-hybridized carbons (Fsp3) is 0.588. The number of carbonyl (C=O) groups is 1. The van der Waals surface area contributed by atoms with Crippen LogP contribution in [0.5, 0.6) is 0 Å². The van der Waals surface area contributed by atoms with Crippen molar-refractivity contribution in [3.05, 3.63) is 35.6 Å². The molecule has 0 atom stereocenters. The van der Waals surface area contributed by atoms with Crippen molar-refractivity contribution < 1.29 is 14.3 Å². The zero-order valence-corrected chi connectivity index (χ0v) is 12.9. The van der Waals surface area contributed by atoms with E-state index >= 15 is 0 Å². The van der Waals surface area contributed by atoms with Crippen LogP contribution >= 0.6 is 0 Å². The SMILES string of the molecule is CN(C(=O)O)C1(c2ccc(F)cc2)CCC(NC2CC2)CC1. The van der Waals surface area contributed by atoms with Crippen molar-refractivity contribution in [2.75, 3.05) is 7.05 Å². The largest absolute Gasteiger partial charge is 0.465 e. The first kappa shape index (κ1) is 15.3. The number of nitrogens with zero attached hydrogens (tertiary/aromatic N) is 1. The first-order valence-electron chi connectivity index (χ1n) is 8.00. The van der Waals surface area contributed by atoms with Crippen molar-refractivity contribution in [1.29, 1.82) is 0 Å². The molecule has 0 radical (unpaired) electrons. The third-order valence-electron chi connectivity index (χ3n) is 5.17. The van der Waals surface area contributed by atoms with E-state index < -0.39 is 11.6 Å². The molecule has 2 saturated carbocycles. The zero-order valence-electron chi connectivity index (χ0n) is 12.9. The van der Waals surface area contributed by atoms with E-state index in [0.29, 0.717) is 12.1 Å². The maximum absolute atomic E-state index is 13.2. The molecular formula is C17H23FN2O2. The summed E-state index contributed by atoms with van der Waals surface area (Å²) in [6.07, 6.45) is 5.02. The normalized spacial score (nSPS) is 28.4. The Bertz CT molecular complexity index is 534. The Morgan fingerprint density at radius 1 is 1.18 bits per heavy atom. The van der Waals surface area contributed by atoms with E-state index in [-0.39, 0.29) is 5.82 Å². The first-order chi connectivity index (χ1) is 10.5. The van der Waals surface area contributed by atoms with Gasteiger partial charge < -0.3 is 15.3 Å². The van der Waals surface area contributed by atoms with Crippen LogP contribution in [0.3, 0.4) is 0 Å². The Kier molecular flexibility index (Phi) is 4.08. The third kappa shape index (κ3) is 2.95. The second-order valence-electron chi connectivity index (χ2n) is 6.60. The van der Waals surface area contributed by atoms with E-state index in [9.17, 15) is 14.3 Å². The molecule has 2 N–H and O–H groups in total. The quantitative estimate of drug-likeness (QED) is 0.897. The van der Waals surface area contributed by atoms with Crippen molar-refractivity contribution in [1.82, 2.24) is 10.2 Å². The fourth-order valence-corrected chi connectivity index (χ4v) is 3.61. The Labute approximate surface area is 130 Å². The molecule has 2 aliphatic rings. The summed E-state index contributed by atoms with van der Waals surface area (Å²) in [5.41, 5.74) is 0.352. The van der Waals surface area contributed by atoms with Gasteiger partial charge in [0.2, 0.25) is 0 Å². The maximum atomic E-state index is 13.2. The van der Waals surface area contributed by atoms with Crippen molar-refractivity contribution in [3.8, 4) is 0 Å². The van der Waals surface area contributed by atoms with E-state index in [4.69, 9.17) is 0 Å². The molecule has 0 bridgehead atoms. The molecule has 1 aromatic rings. The van der Waals surface area contributed by atoms with Crippen LogP contribution in [0.25, 0.3) is 0 Å². The minimum Gasteiger partial charge on any atom is -0.465 e. The monoisotopic (exact) mass is 306 g/mol. The van der Waals surface area contributed by atoms with Crippen molar-refractivity contribution >= 4 is 6.09 Å². The molecule has 0 heterocycles. The molecule has 3 rings (SSSR count). The lowest BCUT2D eigenvalue weighted by atomic mass is 9.74. The van der Waals surface area contributed by atoms with Crippen molar-refractivity contribution in [2.24, 2.45) is 0 Å². The van der Waals surface area contributed by atoms with E-state index in [1.54, 1.807) is 19.2 Å². The lowest BCUT2D eigenvalue weighted by Crippen LogP contribution is -2.51. The van der Waals surface area contributed by atoms with Gasteiger partial charge in [0.15, 0.2) is 0 Å². The van der Waals surface area contributed by atoms with Crippen LogP contribution in [0, 0.1) is 5.82 Å². The summed E-state index contributed by atoms with van der Waals surface area (Å²) >= 11 is 0. The van der Waals surface area contributed by atoms with Gasteiger partial charge in [-0.3, -0.25) is 0 Å². The summed E-state index contributed by atoms with van der Waals surface area (Å²) in [5.74, 6) is -0.291. The molecule has 0 unspecified atom stereocenters. The average molecular weight is 306 g/mol. The molecular weight excluding hydrogens is 283 g/mol. The maximum Gasteiger partial charge on any atom is 0.407 e. The minimum atomic E-state index is -0.932. The van der Waals surface area contributed by atoms with Gasteiger partial charge in [-0.2, -0.15) is 0 Å². The number of hydrogen-bond acceptors (Lipinski definition) is 2. The summed E-state index contributed by atoms with van der Waals surface area (Å²) in [4.78, 5) is 13.0. The van der Waals surface area contributed by atoms with Gasteiger partial charge >= 0.3 is 6.09 Å². The highest BCUT2D eigenvalue weighted by Crippen LogP contribution is 2.42. The summed E-state index contributed by atoms with van der Waals surface area (Å²) < 4.78 is 13.2. The van der Waals surface area contributed by atoms with Crippen LogP contribution in [0.2, 0.25) is 0 Å². The molecule has 5 heteroatoms. The summed E-state index contributed by atoms with van der Waals surface area (Å²) in [6, 6.07) is 7.43. The molecule has 0 aliphatic heterocycles. The van der Waals surface area contributed by atoms with Gasteiger partial charge in [-0.1, -0.05) is 12.1 Å². The van der Waals surface area contributed by atoms with Gasteiger partial charge in [0.1, 0.15) is 5.82 Å². The number of rotatable bonds is 4. The van der Waals surface area contributed by atoms with Crippen LogP contribution in [0.1, 0.15) is 44.1 Å². The molecule has 120 valence electrons. The van der Waals surface area contributed by atoms with E-state index in [1.807, 2.05) is 0 Å². The topological polar surface area (TPSA) is 52.6 Å². The van der Waals surface area contributed by atoms with Gasteiger partial charge in [0, 0.05) is 19.1 Å². The predicted octanol–water partition coefficient (Wildman–Crippen LogP) is 3.33. The molecule has 22 heavy (non-hydrogen) atoms. The highest BCUT2D eigenvalue weighted by atomic mass is 19.1. The molecule has 2 fully saturated rings. The van der Waals surface area contributed by atoms with Crippen LogP contribution in [0.15, 0.2) is 24.3 Å². The Hall–Kier alpha value is -1.62. The number of nitrogens with one attached hydrogen (secondary N) is 1. The molecule has 0 saturated heterocycles. The lowest BCUT2D eigenvalue weighted by molar-refractivity contribution is 0.0579. The highest BCUT2D eigenvalue weighted by molar-refractivity contribution is 5.66. The van der Waals surface area contributed by atoms with Gasteiger partial charge in [0.05, 0.1) is 5.54 Å². The van der Waals surface area contributed by atoms with Crippen molar-refractivity contribution in [2.45, 2.75) is 56.1 Å². The lowest BCUT2D eigenvalue weighted by Gasteiger charge is -2.46. The fourth-order valence-electron chi connectivity index (χ4n) is 3.61. The summed E-state index contributed by atoms with van der Waals surface area (Å²) in [7, 11) is 1.63. The summed E-state index contributed by atoms with van der Waals surface area (Å²) in [5, 5.41) is 13.1. The third-order valence-corrected chi connectivity index (χ3v) is 5.17. The number of hydrogen-bond donors (Lipinski definition) is 2. The van der Waals surface area contributed by atoms with E-state index in [0.717, 1.165) is 31.2 Å². The van der Waals surface area contributed by atoms with Crippen LogP contribution < -0.4 is 5.32 Å². The second kappa shape index (κ2) is 5.88. The van der Waals surface area contributed by atoms with Crippen molar-refractivity contribution in [3.63, 3.8) is 0 Å². The number of benzene rings is 1. The summed E-state index contributed by atoms with van der Waals surface area (Å²) in [6.45, 7) is 0. The Morgan fingerprint density at radius 2 is 1.73 bits per heavy atom. The van der Waals surface area contributed by atoms with Crippen LogP contribution in [-0.4, -0.2) is 35.2 Å². The number of carboxylic acid groups (broad SMARTS) is 1. The van der Waals surface area contributed by atoms with Gasteiger partial charge in [0.25, 0.3) is 0 Å². The van der Waals surface area contributed by atoms with Crippen LogP contribution in [0.4, 0.5) is 9.18 Å². The number of halogens is 1. The molecule has 1 aromatic carbocycles. The van der Waals surface area contributed by atoms with Gasteiger partial charge in [-0.15, -0.1) is 0 Å². The molecule has 2 aliphatic carbocycles. The zero-order chi connectivity index (χ0) is 15.7.